The molecule has 2 aromatic rings. The molecule has 2 amide bonds. The molecule has 30 heavy (non-hydrogen) atoms. The lowest BCUT2D eigenvalue weighted by Gasteiger charge is -2.38. The molecule has 2 N–H and O–H groups in total. The Labute approximate surface area is 177 Å². The van der Waals surface area contributed by atoms with Gasteiger partial charge in [-0.1, -0.05) is 30.3 Å². The van der Waals surface area contributed by atoms with E-state index >= 15 is 0 Å². The van der Waals surface area contributed by atoms with Gasteiger partial charge in [-0.3, -0.25) is 9.59 Å². The van der Waals surface area contributed by atoms with Crippen molar-refractivity contribution in [3.63, 3.8) is 0 Å². The first-order valence-electron chi connectivity index (χ1n) is 10.8. The molecule has 1 atom stereocenters. The second kappa shape index (κ2) is 9.04. The Balaban J connectivity index is 1.37. The summed E-state index contributed by atoms with van der Waals surface area (Å²) in [7, 11) is 0. The van der Waals surface area contributed by atoms with E-state index in [-0.39, 0.29) is 17.2 Å². The first-order chi connectivity index (χ1) is 14.6. The molecule has 4 rings (SSSR count). The van der Waals surface area contributed by atoms with Gasteiger partial charge in [0.15, 0.2) is 0 Å². The maximum atomic E-state index is 12.8. The second-order valence-corrected chi connectivity index (χ2v) is 8.62. The largest absolute Gasteiger partial charge is 0.469 e. The smallest absolute Gasteiger partial charge is 0.220 e. The van der Waals surface area contributed by atoms with Crippen LogP contribution in [-0.4, -0.2) is 37.1 Å². The van der Waals surface area contributed by atoms with Crippen molar-refractivity contribution in [1.29, 1.82) is 0 Å². The molecule has 0 radical (unpaired) electrons. The Bertz CT molecular complexity index is 843. The third kappa shape index (κ3) is 4.75. The van der Waals surface area contributed by atoms with Gasteiger partial charge in [0, 0.05) is 50.0 Å². The fraction of sp³-hybridized carbons (Fsp3) is 0.500. The Kier molecular flexibility index (Phi) is 6.23. The van der Waals surface area contributed by atoms with E-state index in [1.807, 2.05) is 18.2 Å². The number of nitrogens with one attached hydrogen (secondary N) is 2. The molecule has 2 fully saturated rings. The van der Waals surface area contributed by atoms with Crippen LogP contribution >= 0.6 is 0 Å². The normalized spacial score (nSPS) is 23.1. The van der Waals surface area contributed by atoms with E-state index in [2.05, 4.69) is 34.9 Å². The van der Waals surface area contributed by atoms with Crippen LogP contribution in [0.5, 0.6) is 0 Å². The third-order valence-electron chi connectivity index (χ3n) is 6.62. The van der Waals surface area contributed by atoms with E-state index in [0.29, 0.717) is 45.4 Å². The molecule has 0 bridgehead atoms. The fourth-order valence-corrected chi connectivity index (χ4v) is 4.76. The molecule has 2 saturated heterocycles. The van der Waals surface area contributed by atoms with Crippen LogP contribution in [-0.2, 0) is 26.2 Å². The maximum Gasteiger partial charge on any atom is 0.220 e. The average Bonchev–Trinajstić information content (AvgIpc) is 3.42. The van der Waals surface area contributed by atoms with Crippen molar-refractivity contribution >= 4 is 11.8 Å². The van der Waals surface area contributed by atoms with Crippen LogP contribution in [0.25, 0.3) is 0 Å². The predicted molar refractivity (Wildman–Crippen MR) is 113 cm³/mol. The van der Waals surface area contributed by atoms with Crippen LogP contribution < -0.4 is 10.6 Å². The van der Waals surface area contributed by atoms with Crippen molar-refractivity contribution in [3.8, 4) is 0 Å². The number of hydrogen-bond donors (Lipinski definition) is 2. The van der Waals surface area contributed by atoms with Crippen molar-refractivity contribution in [2.45, 2.75) is 55.9 Å². The Morgan fingerprint density at radius 2 is 1.87 bits per heavy atom. The molecule has 1 aromatic carbocycles. The van der Waals surface area contributed by atoms with Crippen LogP contribution in [0.4, 0.5) is 0 Å². The first-order valence-corrected chi connectivity index (χ1v) is 10.8. The van der Waals surface area contributed by atoms with E-state index in [1.165, 1.54) is 5.56 Å². The molecule has 2 aliphatic heterocycles. The van der Waals surface area contributed by atoms with Crippen molar-refractivity contribution in [2.75, 3.05) is 19.8 Å². The van der Waals surface area contributed by atoms with Crippen LogP contribution in [0.2, 0.25) is 0 Å². The first kappa shape index (κ1) is 20.7. The van der Waals surface area contributed by atoms with Gasteiger partial charge in [0.1, 0.15) is 5.76 Å². The lowest BCUT2D eigenvalue weighted by molar-refractivity contribution is -0.123. The number of rotatable bonds is 8. The monoisotopic (exact) mass is 410 g/mol. The van der Waals surface area contributed by atoms with Gasteiger partial charge in [-0.2, -0.15) is 0 Å². The van der Waals surface area contributed by atoms with Gasteiger partial charge >= 0.3 is 0 Å². The van der Waals surface area contributed by atoms with E-state index in [1.54, 1.807) is 6.26 Å². The number of carbonyl (C=O) groups excluding carboxylic acids is 2. The van der Waals surface area contributed by atoms with Gasteiger partial charge in [0.25, 0.3) is 0 Å². The average molecular weight is 411 g/mol. The van der Waals surface area contributed by atoms with Gasteiger partial charge < -0.3 is 19.8 Å². The molecule has 0 aliphatic carbocycles. The molecule has 2 aliphatic rings. The highest BCUT2D eigenvalue weighted by atomic mass is 16.5. The Morgan fingerprint density at radius 3 is 2.53 bits per heavy atom. The van der Waals surface area contributed by atoms with Gasteiger partial charge in [0.2, 0.25) is 11.8 Å². The van der Waals surface area contributed by atoms with E-state index in [4.69, 9.17) is 9.15 Å². The Hall–Kier alpha value is -2.60. The quantitative estimate of drug-likeness (QED) is 0.701. The highest BCUT2D eigenvalue weighted by Gasteiger charge is 2.39. The lowest BCUT2D eigenvalue weighted by atomic mass is 9.74. The van der Waals surface area contributed by atoms with Crippen molar-refractivity contribution in [3.05, 3.63) is 60.1 Å². The van der Waals surface area contributed by atoms with E-state index < -0.39 is 5.54 Å². The number of benzene rings is 1. The minimum Gasteiger partial charge on any atom is -0.469 e. The SMILES string of the molecule is O=C(CCC1(Cc2ccco2)CCC(=O)N1)NCC1(c2ccccc2)CCOCC1. The second-order valence-electron chi connectivity index (χ2n) is 8.62. The van der Waals surface area contributed by atoms with Crippen LogP contribution in [0.15, 0.2) is 53.1 Å². The van der Waals surface area contributed by atoms with E-state index in [9.17, 15) is 9.59 Å². The third-order valence-corrected chi connectivity index (χ3v) is 6.62. The highest BCUT2D eigenvalue weighted by molar-refractivity contribution is 5.80. The number of ether oxygens (including phenoxy) is 1. The molecule has 0 saturated carbocycles. The van der Waals surface area contributed by atoms with Crippen molar-refractivity contribution in [2.24, 2.45) is 0 Å². The highest BCUT2D eigenvalue weighted by Crippen LogP contribution is 2.34. The molecular formula is C24H30N2O4. The molecule has 1 unspecified atom stereocenters. The number of carbonyl (C=O) groups is 2. The molecule has 6 heteroatoms. The summed E-state index contributed by atoms with van der Waals surface area (Å²) in [5, 5.41) is 6.28. The van der Waals surface area contributed by atoms with Gasteiger partial charge in [-0.15, -0.1) is 0 Å². The summed E-state index contributed by atoms with van der Waals surface area (Å²) in [4.78, 5) is 24.7. The van der Waals surface area contributed by atoms with Gasteiger partial charge in [-0.05, 0) is 43.4 Å². The molecule has 3 heterocycles. The van der Waals surface area contributed by atoms with Gasteiger partial charge in [0.05, 0.1) is 6.26 Å². The number of furan rings is 1. The van der Waals surface area contributed by atoms with Crippen LogP contribution in [0.1, 0.15) is 49.8 Å². The van der Waals surface area contributed by atoms with E-state index in [0.717, 1.165) is 25.0 Å². The summed E-state index contributed by atoms with van der Waals surface area (Å²) in [6.07, 6.45) is 6.26. The van der Waals surface area contributed by atoms with Crippen molar-refractivity contribution < 1.29 is 18.7 Å². The zero-order valence-electron chi connectivity index (χ0n) is 17.3. The summed E-state index contributed by atoms with van der Waals surface area (Å²) in [5.74, 6) is 0.909. The van der Waals surface area contributed by atoms with Crippen molar-refractivity contribution in [1.82, 2.24) is 10.6 Å². The van der Waals surface area contributed by atoms with Crippen LogP contribution in [0.3, 0.4) is 0 Å². The fourth-order valence-electron chi connectivity index (χ4n) is 4.76. The van der Waals surface area contributed by atoms with Crippen LogP contribution in [0, 0.1) is 0 Å². The summed E-state index contributed by atoms with van der Waals surface area (Å²) in [6, 6.07) is 14.2. The zero-order chi connectivity index (χ0) is 20.9. The minimum absolute atomic E-state index is 0.0248. The summed E-state index contributed by atoms with van der Waals surface area (Å²) >= 11 is 0. The number of amides is 2. The minimum atomic E-state index is -0.401. The summed E-state index contributed by atoms with van der Waals surface area (Å²) in [5.41, 5.74) is 0.774. The topological polar surface area (TPSA) is 80.6 Å². The summed E-state index contributed by atoms with van der Waals surface area (Å²) in [6.45, 7) is 2.03. The Morgan fingerprint density at radius 1 is 1.07 bits per heavy atom. The lowest BCUT2D eigenvalue weighted by Crippen LogP contribution is -2.46. The maximum absolute atomic E-state index is 12.8. The molecule has 0 spiro atoms. The summed E-state index contributed by atoms with van der Waals surface area (Å²) < 4.78 is 11.1. The molecule has 1 aromatic heterocycles. The molecule has 6 nitrogen and oxygen atoms in total. The number of hydrogen-bond acceptors (Lipinski definition) is 4. The van der Waals surface area contributed by atoms with Gasteiger partial charge in [-0.25, -0.2) is 0 Å². The standard InChI is InChI=1S/C24H30N2O4/c27-21(8-10-24(11-9-22(28)26-24)17-20-7-4-14-30-20)25-18-23(12-15-29-16-13-23)19-5-2-1-3-6-19/h1-7,14H,8-13,15-18H2,(H,25,27)(H,26,28). The molecular weight excluding hydrogens is 380 g/mol. The predicted octanol–water partition coefficient (Wildman–Crippen LogP) is 3.12. The zero-order valence-corrected chi connectivity index (χ0v) is 17.3. The molecule has 160 valence electrons.